The molecule has 0 saturated heterocycles. The molecule has 15 heavy (non-hydrogen) atoms. The molecule has 0 fully saturated rings. The largest absolute Gasteiger partial charge is 0.394 e. The van der Waals surface area contributed by atoms with Gasteiger partial charge in [-0.15, -0.1) is 11.3 Å². The molecule has 0 aliphatic heterocycles. The number of thiophene rings is 1. The van der Waals surface area contributed by atoms with Crippen LogP contribution < -0.4 is 5.32 Å². The standard InChI is InChI=1S/C10H14N2O2S/c1-7(12-5-8(14)6-13)9-3-4-10(11-2)15-9/h3-4,8,12-14H,1-2,5-6H2/t8-/m0/s1. The molecule has 1 aromatic heterocycles. The summed E-state index contributed by atoms with van der Waals surface area (Å²) in [5, 5.41) is 21.5. The van der Waals surface area contributed by atoms with E-state index < -0.39 is 6.10 Å². The van der Waals surface area contributed by atoms with Gasteiger partial charge in [0.15, 0.2) is 0 Å². The predicted molar refractivity (Wildman–Crippen MR) is 63.7 cm³/mol. The second-order valence-electron chi connectivity index (χ2n) is 2.99. The summed E-state index contributed by atoms with van der Waals surface area (Å²) in [6.07, 6.45) is -0.765. The predicted octanol–water partition coefficient (Wildman–Crippen LogP) is 0.994. The van der Waals surface area contributed by atoms with E-state index in [1.165, 1.54) is 11.3 Å². The molecule has 0 radical (unpaired) electrons. The van der Waals surface area contributed by atoms with E-state index in [2.05, 4.69) is 23.6 Å². The zero-order valence-corrected chi connectivity index (χ0v) is 9.13. The highest BCUT2D eigenvalue weighted by molar-refractivity contribution is 7.16. The molecule has 1 atom stereocenters. The van der Waals surface area contributed by atoms with Gasteiger partial charge in [-0.1, -0.05) is 6.58 Å². The summed E-state index contributed by atoms with van der Waals surface area (Å²) in [6.45, 7) is 7.27. The number of nitrogens with zero attached hydrogens (tertiary/aromatic N) is 1. The quantitative estimate of drug-likeness (QED) is 0.634. The van der Waals surface area contributed by atoms with Crippen molar-refractivity contribution in [3.63, 3.8) is 0 Å². The van der Waals surface area contributed by atoms with Crippen molar-refractivity contribution in [1.29, 1.82) is 0 Å². The fourth-order valence-electron chi connectivity index (χ4n) is 0.968. The maximum Gasteiger partial charge on any atom is 0.115 e. The smallest absolute Gasteiger partial charge is 0.115 e. The number of hydrogen-bond donors (Lipinski definition) is 3. The van der Waals surface area contributed by atoms with Crippen LogP contribution in [0.3, 0.4) is 0 Å². The third kappa shape index (κ3) is 3.47. The Morgan fingerprint density at radius 1 is 1.60 bits per heavy atom. The Balaban J connectivity index is 2.50. The van der Waals surface area contributed by atoms with Crippen molar-refractivity contribution in [3.8, 4) is 0 Å². The molecular formula is C10H14N2O2S. The molecule has 1 rings (SSSR count). The zero-order valence-electron chi connectivity index (χ0n) is 8.31. The summed E-state index contributed by atoms with van der Waals surface area (Å²) >= 11 is 1.46. The second kappa shape index (κ2) is 5.65. The van der Waals surface area contributed by atoms with Crippen LogP contribution in [-0.2, 0) is 0 Å². The minimum absolute atomic E-state index is 0.260. The van der Waals surface area contributed by atoms with Gasteiger partial charge < -0.3 is 15.5 Å². The molecule has 4 nitrogen and oxygen atoms in total. The molecule has 82 valence electrons. The first kappa shape index (κ1) is 11.9. The average Bonchev–Trinajstić information content (AvgIpc) is 2.73. The van der Waals surface area contributed by atoms with Crippen molar-refractivity contribution in [1.82, 2.24) is 5.32 Å². The van der Waals surface area contributed by atoms with Crippen LogP contribution in [0.25, 0.3) is 5.70 Å². The summed E-state index contributed by atoms with van der Waals surface area (Å²) in [7, 11) is 0. The Bertz CT molecular complexity index is 349. The maximum atomic E-state index is 9.13. The molecule has 3 N–H and O–H groups in total. The Morgan fingerprint density at radius 2 is 2.33 bits per heavy atom. The van der Waals surface area contributed by atoms with Crippen molar-refractivity contribution >= 4 is 28.8 Å². The van der Waals surface area contributed by atoms with Crippen LogP contribution in [0.4, 0.5) is 5.00 Å². The first-order valence-electron chi connectivity index (χ1n) is 4.46. The molecule has 1 aromatic rings. The minimum atomic E-state index is -0.765. The van der Waals surface area contributed by atoms with Gasteiger partial charge in [-0.25, -0.2) is 0 Å². The molecule has 0 saturated carbocycles. The highest BCUT2D eigenvalue weighted by atomic mass is 32.1. The van der Waals surface area contributed by atoms with Crippen molar-refractivity contribution < 1.29 is 10.2 Å². The molecule has 0 amide bonds. The maximum absolute atomic E-state index is 9.13. The highest BCUT2D eigenvalue weighted by Crippen LogP contribution is 2.27. The first-order valence-corrected chi connectivity index (χ1v) is 5.27. The van der Waals surface area contributed by atoms with Crippen LogP contribution in [0.15, 0.2) is 23.7 Å². The second-order valence-corrected chi connectivity index (χ2v) is 4.05. The van der Waals surface area contributed by atoms with Gasteiger partial charge in [0.1, 0.15) is 5.00 Å². The third-order valence-electron chi connectivity index (χ3n) is 1.81. The number of rotatable bonds is 6. The minimum Gasteiger partial charge on any atom is -0.394 e. The summed E-state index contributed by atoms with van der Waals surface area (Å²) in [5.41, 5.74) is 0.711. The fraction of sp³-hybridized carbons (Fsp3) is 0.300. The van der Waals surface area contributed by atoms with Gasteiger partial charge in [-0.2, -0.15) is 0 Å². The van der Waals surface area contributed by atoms with E-state index >= 15 is 0 Å². The number of aliphatic imine (C=N–C) groups is 1. The first-order chi connectivity index (χ1) is 7.17. The van der Waals surface area contributed by atoms with Gasteiger partial charge >= 0.3 is 0 Å². The molecule has 0 aliphatic rings. The Labute approximate surface area is 92.6 Å². The summed E-state index contributed by atoms with van der Waals surface area (Å²) in [6, 6.07) is 3.73. The molecule has 1 heterocycles. The highest BCUT2D eigenvalue weighted by Gasteiger charge is 2.05. The van der Waals surface area contributed by atoms with Gasteiger partial charge in [0.05, 0.1) is 17.6 Å². The van der Waals surface area contributed by atoms with E-state index in [0.717, 1.165) is 9.88 Å². The topological polar surface area (TPSA) is 64.9 Å². The van der Waals surface area contributed by atoms with Crippen molar-refractivity contribution in [2.75, 3.05) is 13.2 Å². The monoisotopic (exact) mass is 226 g/mol. The Kier molecular flexibility index (Phi) is 4.48. The van der Waals surface area contributed by atoms with E-state index in [0.29, 0.717) is 5.70 Å². The van der Waals surface area contributed by atoms with E-state index in [1.54, 1.807) is 0 Å². The molecule has 0 aliphatic carbocycles. The average molecular weight is 226 g/mol. The van der Waals surface area contributed by atoms with Crippen LogP contribution in [0.1, 0.15) is 4.88 Å². The third-order valence-corrected chi connectivity index (χ3v) is 2.88. The van der Waals surface area contributed by atoms with Crippen LogP contribution in [0.2, 0.25) is 0 Å². The number of aliphatic hydroxyl groups is 2. The van der Waals surface area contributed by atoms with E-state index in [1.807, 2.05) is 12.1 Å². The molecular weight excluding hydrogens is 212 g/mol. The molecule has 0 unspecified atom stereocenters. The van der Waals surface area contributed by atoms with Crippen molar-refractivity contribution in [2.45, 2.75) is 6.10 Å². The Hall–Kier alpha value is -1.17. The molecule has 0 spiro atoms. The van der Waals surface area contributed by atoms with E-state index in [9.17, 15) is 0 Å². The lowest BCUT2D eigenvalue weighted by molar-refractivity contribution is 0.0978. The fourth-order valence-corrected chi connectivity index (χ4v) is 1.72. The number of aliphatic hydroxyl groups excluding tert-OH is 2. The van der Waals surface area contributed by atoms with Crippen LogP contribution in [-0.4, -0.2) is 36.2 Å². The Morgan fingerprint density at radius 3 is 2.87 bits per heavy atom. The van der Waals surface area contributed by atoms with E-state index in [-0.39, 0.29) is 13.2 Å². The van der Waals surface area contributed by atoms with Gasteiger partial charge in [-0.3, -0.25) is 4.99 Å². The summed E-state index contributed by atoms with van der Waals surface area (Å²) in [4.78, 5) is 4.74. The normalized spacial score (nSPS) is 12.1. The van der Waals surface area contributed by atoms with Crippen LogP contribution in [0.5, 0.6) is 0 Å². The van der Waals surface area contributed by atoms with Gasteiger partial charge in [0.25, 0.3) is 0 Å². The number of nitrogens with one attached hydrogen (secondary N) is 1. The number of hydrogen-bond acceptors (Lipinski definition) is 5. The molecule has 0 aromatic carbocycles. The lowest BCUT2D eigenvalue weighted by Crippen LogP contribution is -2.27. The van der Waals surface area contributed by atoms with Gasteiger partial charge in [0, 0.05) is 12.2 Å². The van der Waals surface area contributed by atoms with Gasteiger partial charge in [-0.05, 0) is 18.9 Å². The zero-order chi connectivity index (χ0) is 11.3. The molecule has 5 heteroatoms. The van der Waals surface area contributed by atoms with Crippen molar-refractivity contribution in [2.24, 2.45) is 4.99 Å². The van der Waals surface area contributed by atoms with Crippen LogP contribution in [0, 0.1) is 0 Å². The van der Waals surface area contributed by atoms with Crippen molar-refractivity contribution in [3.05, 3.63) is 23.6 Å². The SMILES string of the molecule is C=Nc1ccc(C(=C)NC[C@H](O)CO)s1. The lowest BCUT2D eigenvalue weighted by atomic mass is 10.3. The molecule has 0 bridgehead atoms. The van der Waals surface area contributed by atoms with Gasteiger partial charge in [0.2, 0.25) is 0 Å². The summed E-state index contributed by atoms with van der Waals surface area (Å²) in [5.74, 6) is 0. The summed E-state index contributed by atoms with van der Waals surface area (Å²) < 4.78 is 0. The van der Waals surface area contributed by atoms with E-state index in [4.69, 9.17) is 10.2 Å². The lowest BCUT2D eigenvalue weighted by Gasteiger charge is -2.10. The van der Waals surface area contributed by atoms with Crippen LogP contribution >= 0.6 is 11.3 Å².